The molecule has 1 saturated carbocycles. The number of benzene rings is 3. The third-order valence-electron chi connectivity index (χ3n) is 7.92. The van der Waals surface area contributed by atoms with Crippen LogP contribution in [0.1, 0.15) is 56.6 Å². The Balaban J connectivity index is 1.74. The molecule has 3 aromatic rings. The fourth-order valence-electron chi connectivity index (χ4n) is 5.48. The van der Waals surface area contributed by atoms with Crippen molar-refractivity contribution < 1.29 is 35.9 Å². The molecule has 45 heavy (non-hydrogen) atoms. The Hall–Kier alpha value is -4.06. The Morgan fingerprint density at radius 1 is 0.956 bits per heavy atom. The van der Waals surface area contributed by atoms with Crippen molar-refractivity contribution in [3.8, 4) is 5.75 Å². The molecule has 3 aromatic carbocycles. The number of methoxy groups -OCH3 is 1. The molecule has 1 aliphatic rings. The van der Waals surface area contributed by atoms with Crippen molar-refractivity contribution in [1.29, 1.82) is 0 Å². The molecule has 0 aliphatic heterocycles. The summed E-state index contributed by atoms with van der Waals surface area (Å²) in [6.07, 6.45) is 0.203. The SMILES string of the molecule is CC[C@@H](C(=O)NC1CCCCC1)N(Cc1ccc(OC)cc1)C(=O)CN(c1cccc(C(F)(F)F)c1)S(=O)(=O)c1ccccc1. The lowest BCUT2D eigenvalue weighted by atomic mass is 9.95. The molecule has 242 valence electrons. The molecule has 0 saturated heterocycles. The number of ether oxygens (including phenoxy) is 1. The topological polar surface area (TPSA) is 96.0 Å². The first-order valence-corrected chi connectivity index (χ1v) is 16.4. The van der Waals surface area contributed by atoms with Crippen LogP contribution in [0.2, 0.25) is 0 Å². The maximum absolute atomic E-state index is 14.2. The normalized spacial score (nSPS) is 14.8. The molecule has 1 atom stereocenters. The summed E-state index contributed by atoms with van der Waals surface area (Å²) in [6.45, 7) is 0.883. The van der Waals surface area contributed by atoms with E-state index in [1.54, 1.807) is 37.3 Å². The van der Waals surface area contributed by atoms with E-state index in [2.05, 4.69) is 5.32 Å². The lowest BCUT2D eigenvalue weighted by molar-refractivity contribution is -0.140. The summed E-state index contributed by atoms with van der Waals surface area (Å²) < 4.78 is 74.7. The molecule has 12 heteroatoms. The van der Waals surface area contributed by atoms with Crippen molar-refractivity contribution in [1.82, 2.24) is 10.2 Å². The van der Waals surface area contributed by atoms with Gasteiger partial charge in [0.1, 0.15) is 18.3 Å². The van der Waals surface area contributed by atoms with Crippen LogP contribution in [0.15, 0.2) is 83.8 Å². The molecule has 1 N–H and O–H groups in total. The van der Waals surface area contributed by atoms with Gasteiger partial charge in [-0.3, -0.25) is 13.9 Å². The van der Waals surface area contributed by atoms with Gasteiger partial charge in [0.15, 0.2) is 0 Å². The number of amides is 2. The summed E-state index contributed by atoms with van der Waals surface area (Å²) in [5.74, 6) is -0.514. The average Bonchev–Trinajstić information content (AvgIpc) is 3.04. The summed E-state index contributed by atoms with van der Waals surface area (Å²) in [6, 6.07) is 16.9. The highest BCUT2D eigenvalue weighted by Gasteiger charge is 2.36. The molecule has 0 spiro atoms. The van der Waals surface area contributed by atoms with E-state index in [0.29, 0.717) is 21.7 Å². The number of hydrogen-bond acceptors (Lipinski definition) is 5. The smallest absolute Gasteiger partial charge is 0.416 e. The molecule has 4 rings (SSSR count). The molecule has 0 radical (unpaired) electrons. The summed E-state index contributed by atoms with van der Waals surface area (Å²) in [4.78, 5) is 28.9. The van der Waals surface area contributed by atoms with Gasteiger partial charge in [0, 0.05) is 12.6 Å². The van der Waals surface area contributed by atoms with Gasteiger partial charge < -0.3 is 15.0 Å². The summed E-state index contributed by atoms with van der Waals surface area (Å²) >= 11 is 0. The predicted molar refractivity (Wildman–Crippen MR) is 165 cm³/mol. The molecule has 2 amide bonds. The van der Waals surface area contributed by atoms with Gasteiger partial charge in [-0.1, -0.05) is 62.6 Å². The van der Waals surface area contributed by atoms with Crippen molar-refractivity contribution in [3.63, 3.8) is 0 Å². The van der Waals surface area contributed by atoms with E-state index in [1.807, 2.05) is 0 Å². The number of alkyl halides is 3. The van der Waals surface area contributed by atoms with E-state index in [4.69, 9.17) is 4.74 Å². The number of nitrogens with one attached hydrogen (secondary N) is 1. The van der Waals surface area contributed by atoms with Crippen molar-refractivity contribution in [2.45, 2.75) is 75.1 Å². The molecule has 1 aliphatic carbocycles. The fraction of sp³-hybridized carbons (Fsp3) is 0.394. The molecule has 0 unspecified atom stereocenters. The standard InChI is InChI=1S/C33H38F3N3O5S/c1-3-30(32(41)37-26-12-6-4-7-13-26)38(22-24-17-19-28(44-2)20-18-24)31(40)23-39(45(42,43)29-15-8-5-9-16-29)27-14-10-11-25(21-27)33(34,35)36/h5,8-11,14-21,26,30H,3-4,6-7,12-13,22-23H2,1-2H3,(H,37,41)/t30-/m0/s1. The number of anilines is 1. The van der Waals surface area contributed by atoms with Crippen LogP contribution in [0.25, 0.3) is 0 Å². The molecule has 0 heterocycles. The quantitative estimate of drug-likeness (QED) is 0.254. The Morgan fingerprint density at radius 3 is 2.22 bits per heavy atom. The summed E-state index contributed by atoms with van der Waals surface area (Å²) in [5.41, 5.74) is -0.732. The highest BCUT2D eigenvalue weighted by molar-refractivity contribution is 7.92. The lowest BCUT2D eigenvalue weighted by Crippen LogP contribution is -2.54. The second kappa shape index (κ2) is 14.8. The first-order chi connectivity index (χ1) is 21.4. The Bertz CT molecular complexity index is 1540. The van der Waals surface area contributed by atoms with E-state index in [0.717, 1.165) is 44.2 Å². The fourth-order valence-corrected chi connectivity index (χ4v) is 6.90. The molecular formula is C33H38F3N3O5S. The maximum atomic E-state index is 14.2. The van der Waals surface area contributed by atoms with E-state index in [-0.39, 0.29) is 35.5 Å². The van der Waals surface area contributed by atoms with Gasteiger partial charge in [-0.15, -0.1) is 0 Å². The van der Waals surface area contributed by atoms with Crippen LogP contribution in [-0.2, 0) is 32.3 Å². The van der Waals surface area contributed by atoms with Crippen LogP contribution in [0, 0.1) is 0 Å². The van der Waals surface area contributed by atoms with Gasteiger partial charge in [-0.2, -0.15) is 13.2 Å². The number of sulfonamides is 1. The average molecular weight is 646 g/mol. The van der Waals surface area contributed by atoms with Crippen LogP contribution < -0.4 is 14.4 Å². The number of carbonyl (C=O) groups is 2. The first-order valence-electron chi connectivity index (χ1n) is 14.9. The predicted octanol–water partition coefficient (Wildman–Crippen LogP) is 6.17. The van der Waals surface area contributed by atoms with Gasteiger partial charge in [-0.25, -0.2) is 8.42 Å². The zero-order valence-electron chi connectivity index (χ0n) is 25.3. The monoisotopic (exact) mass is 645 g/mol. The largest absolute Gasteiger partial charge is 0.497 e. The first kappa shape index (κ1) is 33.8. The number of hydrogen-bond donors (Lipinski definition) is 1. The Labute approximate surface area is 262 Å². The number of nitrogens with zero attached hydrogens (tertiary/aromatic N) is 2. The number of carbonyl (C=O) groups excluding carboxylic acids is 2. The lowest BCUT2D eigenvalue weighted by Gasteiger charge is -2.34. The van der Waals surface area contributed by atoms with Crippen LogP contribution in [0.4, 0.5) is 18.9 Å². The molecule has 0 bridgehead atoms. The van der Waals surface area contributed by atoms with E-state index < -0.39 is 40.3 Å². The van der Waals surface area contributed by atoms with Gasteiger partial charge >= 0.3 is 6.18 Å². The van der Waals surface area contributed by atoms with Gasteiger partial charge in [0.05, 0.1) is 23.3 Å². The zero-order valence-corrected chi connectivity index (χ0v) is 26.1. The highest BCUT2D eigenvalue weighted by atomic mass is 32.2. The van der Waals surface area contributed by atoms with Crippen LogP contribution in [0.3, 0.4) is 0 Å². The van der Waals surface area contributed by atoms with Crippen molar-refractivity contribution in [2.24, 2.45) is 0 Å². The third kappa shape index (κ3) is 8.56. The van der Waals surface area contributed by atoms with Gasteiger partial charge in [-0.05, 0) is 67.3 Å². The third-order valence-corrected chi connectivity index (χ3v) is 9.71. The second-order valence-electron chi connectivity index (χ2n) is 11.0. The zero-order chi connectivity index (χ0) is 32.6. The van der Waals surface area contributed by atoms with Gasteiger partial charge in [0.2, 0.25) is 11.8 Å². The van der Waals surface area contributed by atoms with Gasteiger partial charge in [0.25, 0.3) is 10.0 Å². The highest BCUT2D eigenvalue weighted by Crippen LogP contribution is 2.33. The van der Waals surface area contributed by atoms with Crippen LogP contribution in [0.5, 0.6) is 5.75 Å². The van der Waals surface area contributed by atoms with E-state index in [9.17, 15) is 31.2 Å². The van der Waals surface area contributed by atoms with E-state index >= 15 is 0 Å². The second-order valence-corrected chi connectivity index (χ2v) is 12.9. The summed E-state index contributed by atoms with van der Waals surface area (Å²) in [7, 11) is -2.98. The Morgan fingerprint density at radius 2 is 1.62 bits per heavy atom. The maximum Gasteiger partial charge on any atom is 0.416 e. The minimum atomic E-state index is -4.74. The molecule has 8 nitrogen and oxygen atoms in total. The summed E-state index contributed by atoms with van der Waals surface area (Å²) in [5, 5.41) is 3.06. The molecule has 0 aromatic heterocycles. The number of halogens is 3. The van der Waals surface area contributed by atoms with E-state index in [1.165, 1.54) is 42.3 Å². The minimum absolute atomic E-state index is 0.0293. The van der Waals surface area contributed by atoms with Crippen LogP contribution >= 0.6 is 0 Å². The van der Waals surface area contributed by atoms with Crippen molar-refractivity contribution in [2.75, 3.05) is 18.0 Å². The molecule has 1 fully saturated rings. The minimum Gasteiger partial charge on any atom is -0.497 e. The van der Waals surface area contributed by atoms with Crippen molar-refractivity contribution >= 4 is 27.5 Å². The van der Waals surface area contributed by atoms with Crippen molar-refractivity contribution in [3.05, 3.63) is 90.0 Å². The van der Waals surface area contributed by atoms with Crippen LogP contribution in [-0.4, -0.2) is 50.9 Å². The molecular weight excluding hydrogens is 607 g/mol. The Kier molecular flexibility index (Phi) is 11.1. The number of rotatable bonds is 12.